The molecule has 1 heterocycles. The van der Waals surface area contributed by atoms with E-state index in [-0.39, 0.29) is 18.3 Å². The number of rotatable bonds is 7. The van der Waals surface area contributed by atoms with Gasteiger partial charge in [0.1, 0.15) is 11.6 Å². The van der Waals surface area contributed by atoms with Crippen molar-refractivity contribution in [2.45, 2.75) is 0 Å². The van der Waals surface area contributed by atoms with Gasteiger partial charge in [-0.1, -0.05) is 22.9 Å². The lowest BCUT2D eigenvalue weighted by atomic mass is 10.3. The molecule has 1 N–H and O–H groups in total. The average molecular weight is 409 g/mol. The Labute approximate surface area is 165 Å². The molecule has 0 fully saturated rings. The first-order chi connectivity index (χ1) is 12.9. The predicted molar refractivity (Wildman–Crippen MR) is 107 cm³/mol. The summed E-state index contributed by atoms with van der Waals surface area (Å²) in [6, 6.07) is 11.3. The first-order valence-electron chi connectivity index (χ1n) is 8.46. The first-order valence-corrected chi connectivity index (χ1v) is 9.65. The van der Waals surface area contributed by atoms with Crippen molar-refractivity contribution in [1.29, 1.82) is 0 Å². The van der Waals surface area contributed by atoms with E-state index in [9.17, 15) is 9.18 Å². The maximum atomic E-state index is 13.5. The number of halogens is 2. The van der Waals surface area contributed by atoms with Gasteiger partial charge in [-0.15, -0.1) is 0 Å². The fourth-order valence-electron chi connectivity index (χ4n) is 2.42. The number of benzene rings is 2. The highest BCUT2D eigenvalue weighted by Gasteiger charge is 2.21. The summed E-state index contributed by atoms with van der Waals surface area (Å²) < 4.78 is 19.8. The molecular formula is C19H20ClFN3O2S+. The number of aromatic nitrogens is 1. The quantitative estimate of drug-likeness (QED) is 0.653. The van der Waals surface area contributed by atoms with Crippen LogP contribution in [-0.4, -0.2) is 44.7 Å². The highest BCUT2D eigenvalue weighted by Crippen LogP contribution is 2.29. The largest absolute Gasteiger partial charge is 0.484 e. The van der Waals surface area contributed by atoms with Crippen LogP contribution in [0.3, 0.4) is 0 Å². The fraction of sp³-hybridized carbons (Fsp3) is 0.263. The van der Waals surface area contributed by atoms with Crippen LogP contribution in [0.4, 0.5) is 9.52 Å². The molecule has 0 saturated heterocycles. The number of quaternary nitrogens is 1. The number of anilines is 1. The van der Waals surface area contributed by atoms with Gasteiger partial charge in [-0.2, -0.15) is 0 Å². The SMILES string of the molecule is C[NH+](C)CCN(C(=O)COc1ccc(Cl)cc1)c1nc2ccc(F)cc2s1. The van der Waals surface area contributed by atoms with Gasteiger partial charge in [0.15, 0.2) is 11.7 Å². The number of nitrogens with zero attached hydrogens (tertiary/aromatic N) is 2. The number of hydrogen-bond acceptors (Lipinski definition) is 4. The van der Waals surface area contributed by atoms with Crippen molar-refractivity contribution in [3.8, 4) is 5.75 Å². The average Bonchev–Trinajstić information content (AvgIpc) is 3.03. The number of fused-ring (bicyclic) bond motifs is 1. The van der Waals surface area contributed by atoms with E-state index < -0.39 is 0 Å². The smallest absolute Gasteiger partial charge is 0.266 e. The van der Waals surface area contributed by atoms with Gasteiger partial charge in [-0.05, 0) is 42.5 Å². The zero-order chi connectivity index (χ0) is 19.4. The number of amides is 1. The minimum atomic E-state index is -0.320. The molecule has 0 aliphatic carbocycles. The molecular weight excluding hydrogens is 389 g/mol. The molecule has 142 valence electrons. The summed E-state index contributed by atoms with van der Waals surface area (Å²) >= 11 is 7.15. The molecule has 3 rings (SSSR count). The molecule has 1 aromatic heterocycles. The molecule has 0 radical (unpaired) electrons. The summed E-state index contributed by atoms with van der Waals surface area (Å²) in [4.78, 5) is 20.1. The lowest BCUT2D eigenvalue weighted by Crippen LogP contribution is -3.06. The Morgan fingerprint density at radius 2 is 2.00 bits per heavy atom. The van der Waals surface area contributed by atoms with Crippen LogP contribution in [0.5, 0.6) is 5.75 Å². The van der Waals surface area contributed by atoms with E-state index in [2.05, 4.69) is 4.98 Å². The Balaban J connectivity index is 1.78. The molecule has 0 bridgehead atoms. The van der Waals surface area contributed by atoms with Crippen LogP contribution in [0.2, 0.25) is 5.02 Å². The van der Waals surface area contributed by atoms with Crippen molar-refractivity contribution >= 4 is 44.2 Å². The third kappa shape index (κ3) is 5.15. The van der Waals surface area contributed by atoms with E-state index >= 15 is 0 Å². The monoisotopic (exact) mass is 408 g/mol. The maximum Gasteiger partial charge on any atom is 0.266 e. The zero-order valence-electron chi connectivity index (χ0n) is 15.0. The van der Waals surface area contributed by atoms with E-state index in [4.69, 9.17) is 16.3 Å². The van der Waals surface area contributed by atoms with Crippen LogP contribution in [0.1, 0.15) is 0 Å². The molecule has 0 spiro atoms. The summed E-state index contributed by atoms with van der Waals surface area (Å²) in [6.45, 7) is 1.12. The van der Waals surface area contributed by atoms with Crippen LogP contribution in [-0.2, 0) is 4.79 Å². The first kappa shape index (κ1) is 19.5. The number of carbonyl (C=O) groups excluding carboxylic acids is 1. The number of likely N-dealkylation sites (N-methyl/N-ethyl adjacent to an activating group) is 1. The highest BCUT2D eigenvalue weighted by molar-refractivity contribution is 7.22. The number of nitrogens with one attached hydrogen (secondary N) is 1. The van der Waals surface area contributed by atoms with E-state index in [0.717, 1.165) is 6.54 Å². The molecule has 0 saturated carbocycles. The summed E-state index contributed by atoms with van der Waals surface area (Å²) in [5.41, 5.74) is 0.671. The van der Waals surface area contributed by atoms with Crippen molar-refractivity contribution in [3.63, 3.8) is 0 Å². The van der Waals surface area contributed by atoms with Crippen LogP contribution >= 0.6 is 22.9 Å². The molecule has 0 aliphatic heterocycles. The molecule has 5 nitrogen and oxygen atoms in total. The Morgan fingerprint density at radius 1 is 1.26 bits per heavy atom. The van der Waals surface area contributed by atoms with Gasteiger partial charge in [0.25, 0.3) is 5.91 Å². The number of hydrogen-bond donors (Lipinski definition) is 1. The van der Waals surface area contributed by atoms with Crippen LogP contribution < -0.4 is 14.5 Å². The number of carbonyl (C=O) groups is 1. The van der Waals surface area contributed by atoms with Crippen molar-refractivity contribution in [3.05, 3.63) is 53.3 Å². The van der Waals surface area contributed by atoms with Gasteiger partial charge in [-0.3, -0.25) is 9.69 Å². The van der Waals surface area contributed by atoms with E-state index in [1.54, 1.807) is 35.2 Å². The molecule has 27 heavy (non-hydrogen) atoms. The maximum absolute atomic E-state index is 13.5. The van der Waals surface area contributed by atoms with Crippen LogP contribution in [0.15, 0.2) is 42.5 Å². The standard InChI is InChI=1S/C19H19ClFN3O2S/c1-23(2)9-10-24(18(25)12-26-15-6-3-13(20)4-7-15)19-22-16-8-5-14(21)11-17(16)27-19/h3-8,11H,9-10,12H2,1-2H3/p+1. The minimum Gasteiger partial charge on any atom is -0.484 e. The Bertz CT molecular complexity index is 930. The molecule has 2 aromatic carbocycles. The van der Waals surface area contributed by atoms with Crippen LogP contribution in [0.25, 0.3) is 10.2 Å². The third-order valence-corrected chi connectivity index (χ3v) is 5.18. The fourth-order valence-corrected chi connectivity index (χ4v) is 3.58. The van der Waals surface area contributed by atoms with E-state index in [1.165, 1.54) is 28.4 Å². The third-order valence-electron chi connectivity index (χ3n) is 3.88. The van der Waals surface area contributed by atoms with Gasteiger partial charge in [0.05, 0.1) is 37.4 Å². The van der Waals surface area contributed by atoms with Crippen molar-refractivity contribution < 1.29 is 18.8 Å². The minimum absolute atomic E-state index is 0.116. The zero-order valence-corrected chi connectivity index (χ0v) is 16.6. The van der Waals surface area contributed by atoms with E-state index in [1.807, 2.05) is 14.1 Å². The summed E-state index contributed by atoms with van der Waals surface area (Å²) in [7, 11) is 4.03. The number of ether oxygens (including phenoxy) is 1. The second-order valence-electron chi connectivity index (χ2n) is 6.35. The molecule has 0 atom stereocenters. The number of thiazole rings is 1. The highest BCUT2D eigenvalue weighted by atomic mass is 35.5. The normalized spacial score (nSPS) is 11.1. The summed E-state index contributed by atoms with van der Waals surface area (Å²) in [5, 5.41) is 1.15. The van der Waals surface area contributed by atoms with Crippen LogP contribution in [0, 0.1) is 5.82 Å². The van der Waals surface area contributed by atoms with Crippen molar-refractivity contribution in [1.82, 2.24) is 4.98 Å². The van der Waals surface area contributed by atoms with Gasteiger partial charge < -0.3 is 9.64 Å². The van der Waals surface area contributed by atoms with E-state index in [0.29, 0.717) is 32.7 Å². The van der Waals surface area contributed by atoms with Gasteiger partial charge in [0, 0.05) is 5.02 Å². The van der Waals surface area contributed by atoms with Crippen molar-refractivity contribution in [2.75, 3.05) is 38.7 Å². The summed E-state index contributed by atoms with van der Waals surface area (Å²) in [5.74, 6) is 0.0439. The summed E-state index contributed by atoms with van der Waals surface area (Å²) in [6.07, 6.45) is 0. The lowest BCUT2D eigenvalue weighted by molar-refractivity contribution is -0.856. The molecule has 8 heteroatoms. The second kappa shape index (κ2) is 8.65. The Morgan fingerprint density at radius 3 is 2.70 bits per heavy atom. The van der Waals surface area contributed by atoms with Gasteiger partial charge in [0.2, 0.25) is 0 Å². The Hall–Kier alpha value is -2.22. The van der Waals surface area contributed by atoms with Gasteiger partial charge >= 0.3 is 0 Å². The molecule has 1 amide bonds. The molecule has 0 unspecified atom stereocenters. The predicted octanol–water partition coefficient (Wildman–Crippen LogP) is 2.65. The molecule has 3 aromatic rings. The van der Waals surface area contributed by atoms with Gasteiger partial charge in [-0.25, -0.2) is 9.37 Å². The topological polar surface area (TPSA) is 46.9 Å². The molecule has 0 aliphatic rings. The Kier molecular flexibility index (Phi) is 6.26. The lowest BCUT2D eigenvalue weighted by Gasteiger charge is -2.20. The second-order valence-corrected chi connectivity index (χ2v) is 7.80. The van der Waals surface area contributed by atoms with Crippen molar-refractivity contribution in [2.24, 2.45) is 0 Å².